The second-order valence-corrected chi connectivity index (χ2v) is 1.83. The standard InChI is InChI=1S/C4H4O4.2C2H7N/c5-3(6)1-2-4(7)8;2*1-2-3/h1-2H,(H,5,6)(H,7,8);2*2-3H2,1H3/b2-1-;;. The van der Waals surface area contributed by atoms with Crippen molar-refractivity contribution in [3.8, 4) is 0 Å². The lowest BCUT2D eigenvalue weighted by molar-refractivity contribution is -0.134. The third kappa shape index (κ3) is 75.4. The number of aliphatic carboxylic acids is 2. The molecule has 6 N–H and O–H groups in total. The van der Waals surface area contributed by atoms with Gasteiger partial charge in [-0.15, -0.1) is 0 Å². The van der Waals surface area contributed by atoms with Crippen LogP contribution in [-0.2, 0) is 9.59 Å². The van der Waals surface area contributed by atoms with Crippen LogP contribution in [0.5, 0.6) is 0 Å². The van der Waals surface area contributed by atoms with Crippen LogP contribution < -0.4 is 11.5 Å². The molecule has 0 aliphatic heterocycles. The molecule has 6 nitrogen and oxygen atoms in total. The molecule has 0 aliphatic carbocycles. The van der Waals surface area contributed by atoms with E-state index in [2.05, 4.69) is 0 Å². The zero-order valence-corrected chi connectivity index (χ0v) is 8.43. The number of hydrogen-bond donors (Lipinski definition) is 4. The van der Waals surface area contributed by atoms with E-state index in [1.165, 1.54) is 0 Å². The van der Waals surface area contributed by atoms with Crippen LogP contribution in [0.1, 0.15) is 13.8 Å². The van der Waals surface area contributed by atoms with Crippen molar-refractivity contribution < 1.29 is 19.8 Å². The minimum absolute atomic E-state index is 0.558. The van der Waals surface area contributed by atoms with Gasteiger partial charge in [-0.1, -0.05) is 13.8 Å². The first-order valence-electron chi connectivity index (χ1n) is 4.00. The van der Waals surface area contributed by atoms with Crippen LogP contribution in [0.15, 0.2) is 12.2 Å². The van der Waals surface area contributed by atoms with Crippen LogP contribution in [0, 0.1) is 0 Å². The summed E-state index contributed by atoms with van der Waals surface area (Å²) in [5.74, 6) is -2.51. The number of rotatable bonds is 2. The van der Waals surface area contributed by atoms with Crippen LogP contribution >= 0.6 is 0 Å². The summed E-state index contributed by atoms with van der Waals surface area (Å²) in [7, 11) is 0. The molecule has 0 rings (SSSR count). The summed E-state index contributed by atoms with van der Waals surface area (Å²) in [6.07, 6.45) is 1.12. The van der Waals surface area contributed by atoms with Crippen LogP contribution in [0.25, 0.3) is 0 Å². The molecule has 0 radical (unpaired) electrons. The summed E-state index contributed by atoms with van der Waals surface area (Å²) in [4.78, 5) is 19.1. The second-order valence-electron chi connectivity index (χ2n) is 1.83. The fraction of sp³-hybridized carbons (Fsp3) is 0.500. The zero-order chi connectivity index (χ0) is 12.0. The summed E-state index contributed by atoms with van der Waals surface area (Å²) in [6.45, 7) is 5.31. The normalized spacial score (nSPS) is 8.00. The van der Waals surface area contributed by atoms with Crippen molar-refractivity contribution in [2.24, 2.45) is 11.5 Å². The summed E-state index contributed by atoms with van der Waals surface area (Å²) in [5, 5.41) is 15.6. The van der Waals surface area contributed by atoms with Crippen molar-refractivity contribution in [1.29, 1.82) is 0 Å². The van der Waals surface area contributed by atoms with Crippen LogP contribution in [-0.4, -0.2) is 35.2 Å². The summed E-state index contributed by atoms with van der Waals surface area (Å²) < 4.78 is 0. The van der Waals surface area contributed by atoms with E-state index in [4.69, 9.17) is 21.7 Å². The van der Waals surface area contributed by atoms with E-state index in [1.807, 2.05) is 13.8 Å². The number of nitrogens with two attached hydrogens (primary N) is 2. The number of carboxylic acids is 2. The highest BCUT2D eigenvalue weighted by Gasteiger charge is 1.88. The molecule has 0 fully saturated rings. The lowest BCUT2D eigenvalue weighted by atomic mass is 10.5. The molecular weight excluding hydrogens is 188 g/mol. The Balaban J connectivity index is -0.000000168. The molecule has 0 unspecified atom stereocenters. The fourth-order valence-electron chi connectivity index (χ4n) is 0.143. The Morgan fingerprint density at radius 3 is 1.21 bits per heavy atom. The molecule has 0 aromatic heterocycles. The first-order chi connectivity index (χ1) is 6.45. The molecule has 14 heavy (non-hydrogen) atoms. The van der Waals surface area contributed by atoms with Crippen molar-refractivity contribution in [2.45, 2.75) is 13.8 Å². The maximum atomic E-state index is 9.55. The van der Waals surface area contributed by atoms with Crippen LogP contribution in [0.4, 0.5) is 0 Å². The van der Waals surface area contributed by atoms with E-state index < -0.39 is 11.9 Å². The predicted molar refractivity (Wildman–Crippen MR) is 53.9 cm³/mol. The molecule has 0 saturated heterocycles. The molecule has 0 heterocycles. The zero-order valence-electron chi connectivity index (χ0n) is 8.43. The highest BCUT2D eigenvalue weighted by Crippen LogP contribution is 1.70. The van der Waals surface area contributed by atoms with Gasteiger partial charge in [-0.3, -0.25) is 0 Å². The van der Waals surface area contributed by atoms with Crippen LogP contribution in [0.3, 0.4) is 0 Å². The molecule has 0 bridgehead atoms. The molecule has 84 valence electrons. The molecule has 0 saturated carbocycles. The monoisotopic (exact) mass is 206 g/mol. The van der Waals surface area contributed by atoms with Gasteiger partial charge >= 0.3 is 11.9 Å². The molecular formula is C8H18N2O4. The van der Waals surface area contributed by atoms with Gasteiger partial charge in [0.05, 0.1) is 0 Å². The predicted octanol–water partition coefficient (Wildman–Crippen LogP) is -0.358. The molecule has 0 aromatic carbocycles. The number of carboxylic acid groups (broad SMARTS) is 2. The Morgan fingerprint density at radius 2 is 1.14 bits per heavy atom. The third-order valence-electron chi connectivity index (χ3n) is 0.368. The second kappa shape index (κ2) is 17.6. The molecule has 6 heteroatoms. The van der Waals surface area contributed by atoms with Gasteiger partial charge in [0.1, 0.15) is 0 Å². The van der Waals surface area contributed by atoms with E-state index in [9.17, 15) is 9.59 Å². The highest BCUT2D eigenvalue weighted by atomic mass is 16.4. The summed E-state index contributed by atoms with van der Waals surface area (Å²) >= 11 is 0. The van der Waals surface area contributed by atoms with E-state index >= 15 is 0 Å². The van der Waals surface area contributed by atoms with Gasteiger partial charge in [0.15, 0.2) is 0 Å². The molecule has 0 atom stereocenters. The smallest absolute Gasteiger partial charge is 0.328 e. The maximum Gasteiger partial charge on any atom is 0.328 e. The van der Waals surface area contributed by atoms with Crippen molar-refractivity contribution in [3.63, 3.8) is 0 Å². The van der Waals surface area contributed by atoms with Gasteiger partial charge in [-0.2, -0.15) is 0 Å². The highest BCUT2D eigenvalue weighted by molar-refractivity contribution is 5.89. The lowest BCUT2D eigenvalue weighted by Gasteiger charge is -1.74. The first kappa shape index (κ1) is 18.4. The van der Waals surface area contributed by atoms with Crippen LogP contribution in [0.2, 0.25) is 0 Å². The van der Waals surface area contributed by atoms with Gasteiger partial charge in [0.25, 0.3) is 0 Å². The van der Waals surface area contributed by atoms with E-state index in [-0.39, 0.29) is 0 Å². The number of carbonyl (C=O) groups is 2. The average Bonchev–Trinajstić information content (AvgIpc) is 2.04. The third-order valence-corrected chi connectivity index (χ3v) is 0.368. The van der Waals surface area contributed by atoms with Crippen molar-refractivity contribution >= 4 is 11.9 Å². The fourth-order valence-corrected chi connectivity index (χ4v) is 0.143. The van der Waals surface area contributed by atoms with Crippen molar-refractivity contribution in [3.05, 3.63) is 12.2 Å². The lowest BCUT2D eigenvalue weighted by Crippen LogP contribution is -1.91. The van der Waals surface area contributed by atoms with Crippen molar-refractivity contribution in [1.82, 2.24) is 0 Å². The molecule has 0 spiro atoms. The average molecular weight is 206 g/mol. The van der Waals surface area contributed by atoms with Crippen molar-refractivity contribution in [2.75, 3.05) is 13.1 Å². The van der Waals surface area contributed by atoms with Gasteiger partial charge in [-0.25, -0.2) is 9.59 Å². The maximum absolute atomic E-state index is 9.55. The number of hydrogen-bond acceptors (Lipinski definition) is 4. The quantitative estimate of drug-likeness (QED) is 0.457. The Bertz CT molecular complexity index is 151. The van der Waals surface area contributed by atoms with Gasteiger partial charge < -0.3 is 21.7 Å². The first-order valence-corrected chi connectivity index (χ1v) is 4.00. The Kier molecular flexibility index (Phi) is 23.2. The van der Waals surface area contributed by atoms with Gasteiger partial charge in [-0.05, 0) is 13.1 Å². The Hall–Kier alpha value is -1.40. The van der Waals surface area contributed by atoms with Gasteiger partial charge in [0.2, 0.25) is 0 Å². The molecule has 0 amide bonds. The summed E-state index contributed by atoms with van der Waals surface area (Å²) in [5.41, 5.74) is 9.69. The summed E-state index contributed by atoms with van der Waals surface area (Å²) in [6, 6.07) is 0. The Morgan fingerprint density at radius 1 is 1.00 bits per heavy atom. The topological polar surface area (TPSA) is 127 Å². The SMILES string of the molecule is CCN.CCN.O=C(O)/C=C\C(=O)O. The van der Waals surface area contributed by atoms with E-state index in [0.717, 1.165) is 13.1 Å². The van der Waals surface area contributed by atoms with Gasteiger partial charge in [0, 0.05) is 12.2 Å². The van der Waals surface area contributed by atoms with E-state index in [0.29, 0.717) is 12.2 Å². The minimum atomic E-state index is -1.26. The molecule has 0 aliphatic rings. The Labute approximate surface area is 83.2 Å². The largest absolute Gasteiger partial charge is 0.478 e. The minimum Gasteiger partial charge on any atom is -0.478 e. The molecule has 0 aromatic rings. The van der Waals surface area contributed by atoms with E-state index in [1.54, 1.807) is 0 Å².